The fourth-order valence-corrected chi connectivity index (χ4v) is 2.80. The Morgan fingerprint density at radius 2 is 2.10 bits per heavy atom. The van der Waals surface area contributed by atoms with Crippen LogP contribution in [0.3, 0.4) is 0 Å². The molecule has 0 aromatic heterocycles. The molecule has 2 rings (SSSR count). The van der Waals surface area contributed by atoms with Crippen LogP contribution in [0.4, 0.5) is 5.69 Å². The highest BCUT2D eigenvalue weighted by atomic mass is 35.5. The van der Waals surface area contributed by atoms with Crippen LogP contribution in [0.2, 0.25) is 5.02 Å². The fourth-order valence-electron chi connectivity index (χ4n) is 2.57. The average molecular weight is 292 g/mol. The third-order valence-electron chi connectivity index (χ3n) is 3.76. The zero-order valence-corrected chi connectivity index (χ0v) is 12.0. The van der Waals surface area contributed by atoms with Crippen molar-refractivity contribution in [3.63, 3.8) is 0 Å². The molecule has 1 fully saturated rings. The minimum absolute atomic E-state index is 0.0778. The van der Waals surface area contributed by atoms with Crippen LogP contribution in [0.25, 0.3) is 0 Å². The number of carbonyl (C=O) groups excluding carboxylic acids is 1. The summed E-state index contributed by atoms with van der Waals surface area (Å²) < 4.78 is 0. The zero-order valence-electron chi connectivity index (χ0n) is 11.2. The minimum Gasteiger partial charge on any atom is -0.327 e. The quantitative estimate of drug-likeness (QED) is 0.822. The van der Waals surface area contributed by atoms with E-state index >= 15 is 0 Å². The van der Waals surface area contributed by atoms with E-state index in [1.807, 2.05) is 6.07 Å². The minimum atomic E-state index is -0.163. The van der Waals surface area contributed by atoms with Gasteiger partial charge in [-0.1, -0.05) is 30.9 Å². The van der Waals surface area contributed by atoms with E-state index in [1.54, 1.807) is 18.2 Å². The van der Waals surface area contributed by atoms with Crippen molar-refractivity contribution in [2.24, 2.45) is 11.7 Å². The standard InChI is InChI=1S/C15H18ClN3O/c16-12-8-10(9-17)6-7-14(12)19-15(20)11-4-2-1-3-5-13(11)18/h6-8,11,13H,1-5,18H2,(H,19,20). The van der Waals surface area contributed by atoms with Crippen LogP contribution >= 0.6 is 11.6 Å². The summed E-state index contributed by atoms with van der Waals surface area (Å²) in [4.78, 5) is 12.3. The lowest BCUT2D eigenvalue weighted by atomic mass is 9.94. The van der Waals surface area contributed by atoms with E-state index in [0.717, 1.165) is 32.1 Å². The molecular formula is C15H18ClN3O. The Morgan fingerprint density at radius 3 is 2.80 bits per heavy atom. The number of nitrogens with two attached hydrogens (primary N) is 1. The Labute approximate surface area is 123 Å². The summed E-state index contributed by atoms with van der Waals surface area (Å²) in [6.45, 7) is 0. The Morgan fingerprint density at radius 1 is 1.35 bits per heavy atom. The van der Waals surface area contributed by atoms with Gasteiger partial charge in [-0.25, -0.2) is 0 Å². The molecule has 2 atom stereocenters. The van der Waals surface area contributed by atoms with Crippen molar-refractivity contribution in [1.29, 1.82) is 5.26 Å². The summed E-state index contributed by atoms with van der Waals surface area (Å²) in [6.07, 6.45) is 4.96. The second-order valence-electron chi connectivity index (χ2n) is 5.20. The highest BCUT2D eigenvalue weighted by Crippen LogP contribution is 2.27. The van der Waals surface area contributed by atoms with Gasteiger partial charge in [0.1, 0.15) is 0 Å². The van der Waals surface area contributed by atoms with Crippen LogP contribution in [0, 0.1) is 17.2 Å². The first-order valence-electron chi connectivity index (χ1n) is 6.88. The molecule has 0 bridgehead atoms. The monoisotopic (exact) mass is 291 g/mol. The first kappa shape index (κ1) is 14.8. The smallest absolute Gasteiger partial charge is 0.229 e. The van der Waals surface area contributed by atoms with Crippen LogP contribution in [0.5, 0.6) is 0 Å². The summed E-state index contributed by atoms with van der Waals surface area (Å²) in [5.41, 5.74) is 7.09. The van der Waals surface area contributed by atoms with Gasteiger partial charge in [0, 0.05) is 6.04 Å². The molecule has 1 saturated carbocycles. The van der Waals surface area contributed by atoms with Crippen molar-refractivity contribution in [3.05, 3.63) is 28.8 Å². The molecule has 2 unspecified atom stereocenters. The molecule has 4 nitrogen and oxygen atoms in total. The largest absolute Gasteiger partial charge is 0.327 e. The van der Waals surface area contributed by atoms with Crippen LogP contribution in [0.1, 0.15) is 37.7 Å². The number of amides is 1. The molecule has 20 heavy (non-hydrogen) atoms. The van der Waals surface area contributed by atoms with E-state index in [4.69, 9.17) is 22.6 Å². The number of carbonyl (C=O) groups is 1. The predicted molar refractivity (Wildman–Crippen MR) is 79.3 cm³/mol. The van der Waals surface area contributed by atoms with E-state index in [-0.39, 0.29) is 17.9 Å². The number of anilines is 1. The van der Waals surface area contributed by atoms with Crippen LogP contribution < -0.4 is 11.1 Å². The predicted octanol–water partition coefficient (Wildman–Crippen LogP) is 3.06. The summed E-state index contributed by atoms with van der Waals surface area (Å²) >= 11 is 6.06. The number of nitrogens with one attached hydrogen (secondary N) is 1. The van der Waals surface area contributed by atoms with E-state index in [1.165, 1.54) is 0 Å². The molecule has 1 aromatic rings. The van der Waals surface area contributed by atoms with Crippen molar-refractivity contribution in [2.45, 2.75) is 38.1 Å². The number of benzene rings is 1. The van der Waals surface area contributed by atoms with Gasteiger partial charge in [0.05, 0.1) is 28.3 Å². The van der Waals surface area contributed by atoms with Gasteiger partial charge in [0.15, 0.2) is 0 Å². The molecule has 0 spiro atoms. The Kier molecular flexibility index (Phi) is 4.99. The number of nitrogens with zero attached hydrogens (tertiary/aromatic N) is 1. The van der Waals surface area contributed by atoms with E-state index in [2.05, 4.69) is 5.32 Å². The molecule has 0 heterocycles. The SMILES string of the molecule is N#Cc1ccc(NC(=O)C2CCCCCC2N)c(Cl)c1. The summed E-state index contributed by atoms with van der Waals surface area (Å²) in [5, 5.41) is 12.0. The highest BCUT2D eigenvalue weighted by molar-refractivity contribution is 6.33. The van der Waals surface area contributed by atoms with Crippen LogP contribution in [0.15, 0.2) is 18.2 Å². The number of nitriles is 1. The number of hydrogen-bond donors (Lipinski definition) is 2. The Bertz CT molecular complexity index is 538. The van der Waals surface area contributed by atoms with Crippen molar-refractivity contribution in [3.8, 4) is 6.07 Å². The lowest BCUT2D eigenvalue weighted by Crippen LogP contribution is -2.37. The number of hydrogen-bond acceptors (Lipinski definition) is 3. The molecular weight excluding hydrogens is 274 g/mol. The fraction of sp³-hybridized carbons (Fsp3) is 0.467. The maximum absolute atomic E-state index is 12.3. The second-order valence-corrected chi connectivity index (χ2v) is 5.61. The van der Waals surface area contributed by atoms with Gasteiger partial charge in [0.25, 0.3) is 0 Å². The third kappa shape index (κ3) is 3.50. The molecule has 0 aliphatic heterocycles. The average Bonchev–Trinajstić information content (AvgIpc) is 2.65. The zero-order chi connectivity index (χ0) is 14.5. The van der Waals surface area contributed by atoms with Crippen LogP contribution in [-0.2, 0) is 4.79 Å². The Hall–Kier alpha value is -1.57. The maximum Gasteiger partial charge on any atom is 0.229 e. The molecule has 0 radical (unpaired) electrons. The Balaban J connectivity index is 2.09. The maximum atomic E-state index is 12.3. The molecule has 1 aliphatic rings. The molecule has 1 aliphatic carbocycles. The van der Waals surface area contributed by atoms with Gasteiger partial charge in [-0.05, 0) is 31.0 Å². The summed E-state index contributed by atoms with van der Waals surface area (Å²) in [6, 6.07) is 6.75. The van der Waals surface area contributed by atoms with Gasteiger partial charge in [0.2, 0.25) is 5.91 Å². The lowest BCUT2D eigenvalue weighted by Gasteiger charge is -2.20. The normalized spacial score (nSPS) is 22.6. The first-order chi connectivity index (χ1) is 9.61. The van der Waals surface area contributed by atoms with E-state index in [0.29, 0.717) is 16.3 Å². The summed E-state index contributed by atoms with van der Waals surface area (Å²) in [7, 11) is 0. The summed E-state index contributed by atoms with van der Waals surface area (Å²) in [5.74, 6) is -0.241. The van der Waals surface area contributed by atoms with Gasteiger partial charge in [-0.2, -0.15) is 5.26 Å². The van der Waals surface area contributed by atoms with Crippen molar-refractivity contribution in [2.75, 3.05) is 5.32 Å². The number of rotatable bonds is 2. The highest BCUT2D eigenvalue weighted by Gasteiger charge is 2.27. The van der Waals surface area contributed by atoms with Gasteiger partial charge < -0.3 is 11.1 Å². The topological polar surface area (TPSA) is 78.9 Å². The molecule has 106 valence electrons. The van der Waals surface area contributed by atoms with Crippen molar-refractivity contribution < 1.29 is 4.79 Å². The molecule has 1 amide bonds. The molecule has 5 heteroatoms. The first-order valence-corrected chi connectivity index (χ1v) is 7.25. The third-order valence-corrected chi connectivity index (χ3v) is 4.07. The second kappa shape index (κ2) is 6.74. The van der Waals surface area contributed by atoms with Gasteiger partial charge in [-0.3, -0.25) is 4.79 Å². The van der Waals surface area contributed by atoms with E-state index in [9.17, 15) is 4.79 Å². The van der Waals surface area contributed by atoms with Crippen molar-refractivity contribution in [1.82, 2.24) is 0 Å². The van der Waals surface area contributed by atoms with Crippen LogP contribution in [-0.4, -0.2) is 11.9 Å². The molecule has 1 aromatic carbocycles. The molecule has 3 N–H and O–H groups in total. The molecule has 0 saturated heterocycles. The van der Waals surface area contributed by atoms with E-state index < -0.39 is 0 Å². The lowest BCUT2D eigenvalue weighted by molar-refractivity contribution is -0.120. The van der Waals surface area contributed by atoms with Gasteiger partial charge >= 0.3 is 0 Å². The number of halogens is 1. The van der Waals surface area contributed by atoms with Gasteiger partial charge in [-0.15, -0.1) is 0 Å². The van der Waals surface area contributed by atoms with Crippen molar-refractivity contribution >= 4 is 23.2 Å².